The summed E-state index contributed by atoms with van der Waals surface area (Å²) in [6.45, 7) is 0.616. The standard InChI is InChI=1S/C14H20N2OS/c1-18-12-5-2-4-11(8-12)16-13(17)9-14(10-15)6-3-7-14/h2,4-5,8H,3,6-7,9-10,15H2,1H3,(H,16,17). The molecule has 1 aromatic carbocycles. The molecule has 1 amide bonds. The summed E-state index contributed by atoms with van der Waals surface area (Å²) in [5.74, 6) is 0.0819. The Kier molecular flexibility index (Phi) is 4.30. The van der Waals surface area contributed by atoms with Gasteiger partial charge in [-0.2, -0.15) is 0 Å². The summed E-state index contributed by atoms with van der Waals surface area (Å²) >= 11 is 1.67. The number of nitrogens with one attached hydrogen (secondary N) is 1. The van der Waals surface area contributed by atoms with Gasteiger partial charge < -0.3 is 11.1 Å². The molecule has 0 aromatic heterocycles. The van der Waals surface area contributed by atoms with E-state index in [1.807, 2.05) is 30.5 Å². The smallest absolute Gasteiger partial charge is 0.224 e. The molecule has 0 spiro atoms. The van der Waals surface area contributed by atoms with Crippen LogP contribution in [-0.4, -0.2) is 18.7 Å². The Bertz CT molecular complexity index is 424. The number of nitrogens with two attached hydrogens (primary N) is 1. The van der Waals surface area contributed by atoms with Crippen LogP contribution in [0.5, 0.6) is 0 Å². The van der Waals surface area contributed by atoms with E-state index < -0.39 is 0 Å². The lowest BCUT2D eigenvalue weighted by Gasteiger charge is -2.40. The maximum atomic E-state index is 12.0. The van der Waals surface area contributed by atoms with Gasteiger partial charge in [0, 0.05) is 17.0 Å². The Morgan fingerprint density at radius 2 is 2.28 bits per heavy atom. The number of carbonyl (C=O) groups excluding carboxylic acids is 1. The fourth-order valence-electron chi connectivity index (χ4n) is 2.38. The summed E-state index contributed by atoms with van der Waals surface area (Å²) in [7, 11) is 0. The Hall–Kier alpha value is -1.00. The number of carbonyl (C=O) groups is 1. The van der Waals surface area contributed by atoms with E-state index in [0.717, 1.165) is 23.4 Å². The van der Waals surface area contributed by atoms with Gasteiger partial charge in [-0.1, -0.05) is 12.5 Å². The molecular formula is C14H20N2OS. The van der Waals surface area contributed by atoms with Crippen molar-refractivity contribution < 1.29 is 4.79 Å². The fraction of sp³-hybridized carbons (Fsp3) is 0.500. The molecule has 3 N–H and O–H groups in total. The Balaban J connectivity index is 1.94. The molecule has 0 aliphatic heterocycles. The molecule has 1 aliphatic carbocycles. The van der Waals surface area contributed by atoms with E-state index >= 15 is 0 Å². The van der Waals surface area contributed by atoms with Crippen molar-refractivity contribution in [1.29, 1.82) is 0 Å². The average molecular weight is 264 g/mol. The second kappa shape index (κ2) is 5.76. The van der Waals surface area contributed by atoms with Crippen LogP contribution in [0.1, 0.15) is 25.7 Å². The van der Waals surface area contributed by atoms with Gasteiger partial charge in [0.05, 0.1) is 0 Å². The van der Waals surface area contributed by atoms with Gasteiger partial charge in [0.15, 0.2) is 0 Å². The Morgan fingerprint density at radius 3 is 2.83 bits per heavy atom. The van der Waals surface area contributed by atoms with Crippen molar-refractivity contribution in [3.05, 3.63) is 24.3 Å². The van der Waals surface area contributed by atoms with Crippen LogP contribution in [0.2, 0.25) is 0 Å². The monoisotopic (exact) mass is 264 g/mol. The third-order valence-corrected chi connectivity index (χ3v) is 4.46. The molecule has 98 valence electrons. The van der Waals surface area contributed by atoms with Crippen molar-refractivity contribution in [2.75, 3.05) is 18.1 Å². The first kappa shape index (κ1) is 13.4. The second-order valence-corrected chi connectivity index (χ2v) is 5.89. The fourth-order valence-corrected chi connectivity index (χ4v) is 2.84. The molecule has 2 rings (SSSR count). The SMILES string of the molecule is CSc1cccc(NC(=O)CC2(CN)CCC2)c1. The molecule has 0 radical (unpaired) electrons. The largest absolute Gasteiger partial charge is 0.330 e. The highest BCUT2D eigenvalue weighted by molar-refractivity contribution is 7.98. The van der Waals surface area contributed by atoms with Gasteiger partial charge in [-0.05, 0) is 49.3 Å². The normalized spacial score (nSPS) is 17.0. The van der Waals surface area contributed by atoms with Crippen LogP contribution in [0.3, 0.4) is 0 Å². The number of benzene rings is 1. The quantitative estimate of drug-likeness (QED) is 0.804. The molecular weight excluding hydrogens is 244 g/mol. The topological polar surface area (TPSA) is 55.1 Å². The highest BCUT2D eigenvalue weighted by Gasteiger charge is 2.37. The maximum Gasteiger partial charge on any atom is 0.224 e. The van der Waals surface area contributed by atoms with Crippen LogP contribution < -0.4 is 11.1 Å². The molecule has 0 saturated heterocycles. The molecule has 3 nitrogen and oxygen atoms in total. The van der Waals surface area contributed by atoms with E-state index in [9.17, 15) is 4.79 Å². The lowest BCUT2D eigenvalue weighted by molar-refractivity contribution is -0.119. The zero-order valence-corrected chi connectivity index (χ0v) is 11.6. The number of hydrogen-bond acceptors (Lipinski definition) is 3. The van der Waals surface area contributed by atoms with E-state index in [0.29, 0.717) is 13.0 Å². The molecule has 4 heteroatoms. The van der Waals surface area contributed by atoms with Gasteiger partial charge in [0.1, 0.15) is 0 Å². The number of thioether (sulfide) groups is 1. The van der Waals surface area contributed by atoms with Gasteiger partial charge >= 0.3 is 0 Å². The third-order valence-electron chi connectivity index (χ3n) is 3.74. The lowest BCUT2D eigenvalue weighted by Crippen LogP contribution is -2.40. The first-order chi connectivity index (χ1) is 8.67. The van der Waals surface area contributed by atoms with E-state index in [2.05, 4.69) is 5.32 Å². The molecule has 1 aliphatic rings. The van der Waals surface area contributed by atoms with Crippen LogP contribution in [0.4, 0.5) is 5.69 Å². The molecule has 0 bridgehead atoms. The summed E-state index contributed by atoms with van der Waals surface area (Å²) in [4.78, 5) is 13.2. The van der Waals surface area contributed by atoms with Crippen molar-refractivity contribution in [3.63, 3.8) is 0 Å². The van der Waals surface area contributed by atoms with Crippen molar-refractivity contribution >= 4 is 23.4 Å². The molecule has 18 heavy (non-hydrogen) atoms. The minimum absolute atomic E-state index is 0.0706. The van der Waals surface area contributed by atoms with Gasteiger partial charge in [-0.25, -0.2) is 0 Å². The molecule has 1 fully saturated rings. The zero-order chi connectivity index (χ0) is 13.0. The number of hydrogen-bond donors (Lipinski definition) is 2. The summed E-state index contributed by atoms with van der Waals surface area (Å²) in [6.07, 6.45) is 5.95. The van der Waals surface area contributed by atoms with Crippen molar-refractivity contribution in [2.24, 2.45) is 11.1 Å². The molecule has 0 heterocycles. The Morgan fingerprint density at radius 1 is 1.50 bits per heavy atom. The first-order valence-corrected chi connectivity index (χ1v) is 7.54. The first-order valence-electron chi connectivity index (χ1n) is 6.31. The van der Waals surface area contributed by atoms with Crippen LogP contribution in [0.25, 0.3) is 0 Å². The number of amides is 1. The highest BCUT2D eigenvalue weighted by atomic mass is 32.2. The van der Waals surface area contributed by atoms with E-state index in [1.165, 1.54) is 6.42 Å². The summed E-state index contributed by atoms with van der Waals surface area (Å²) in [6, 6.07) is 7.92. The van der Waals surface area contributed by atoms with Crippen molar-refractivity contribution in [3.8, 4) is 0 Å². The average Bonchev–Trinajstić information content (AvgIpc) is 2.34. The molecule has 1 aromatic rings. The summed E-state index contributed by atoms with van der Waals surface area (Å²) < 4.78 is 0. The minimum Gasteiger partial charge on any atom is -0.330 e. The summed E-state index contributed by atoms with van der Waals surface area (Å²) in [5, 5.41) is 2.97. The number of anilines is 1. The van der Waals surface area contributed by atoms with Crippen LogP contribution in [0.15, 0.2) is 29.2 Å². The van der Waals surface area contributed by atoms with E-state index in [4.69, 9.17) is 5.73 Å². The van der Waals surface area contributed by atoms with Gasteiger partial charge in [-0.15, -0.1) is 11.8 Å². The lowest BCUT2D eigenvalue weighted by atomic mass is 9.66. The van der Waals surface area contributed by atoms with Crippen molar-refractivity contribution in [1.82, 2.24) is 0 Å². The summed E-state index contributed by atoms with van der Waals surface area (Å²) in [5.41, 5.74) is 6.72. The minimum atomic E-state index is 0.0706. The van der Waals surface area contributed by atoms with Gasteiger partial charge in [-0.3, -0.25) is 4.79 Å². The molecule has 0 atom stereocenters. The zero-order valence-electron chi connectivity index (χ0n) is 10.7. The van der Waals surface area contributed by atoms with Crippen molar-refractivity contribution in [2.45, 2.75) is 30.6 Å². The predicted molar refractivity (Wildman–Crippen MR) is 76.8 cm³/mol. The van der Waals surface area contributed by atoms with E-state index in [1.54, 1.807) is 11.8 Å². The molecule has 0 unspecified atom stereocenters. The third kappa shape index (κ3) is 3.06. The van der Waals surface area contributed by atoms with Crippen LogP contribution in [0, 0.1) is 5.41 Å². The van der Waals surface area contributed by atoms with E-state index in [-0.39, 0.29) is 11.3 Å². The second-order valence-electron chi connectivity index (χ2n) is 5.01. The number of rotatable bonds is 5. The highest BCUT2D eigenvalue weighted by Crippen LogP contribution is 2.43. The predicted octanol–water partition coefficient (Wildman–Crippen LogP) is 2.87. The molecule has 1 saturated carbocycles. The Labute approximate surface area is 113 Å². The van der Waals surface area contributed by atoms with Gasteiger partial charge in [0.2, 0.25) is 5.91 Å². The maximum absolute atomic E-state index is 12.0. The van der Waals surface area contributed by atoms with Crippen LogP contribution in [-0.2, 0) is 4.79 Å². The van der Waals surface area contributed by atoms with Gasteiger partial charge in [0.25, 0.3) is 0 Å². The van der Waals surface area contributed by atoms with Crippen LogP contribution >= 0.6 is 11.8 Å².